The van der Waals surface area contributed by atoms with Gasteiger partial charge in [0.1, 0.15) is 10.7 Å². The fourth-order valence-corrected chi connectivity index (χ4v) is 3.13. The molecule has 0 aliphatic rings. The number of aromatic nitrogens is 2. The smallest absolute Gasteiger partial charge is 0.138 e. The van der Waals surface area contributed by atoms with E-state index in [0.717, 1.165) is 27.1 Å². The van der Waals surface area contributed by atoms with Gasteiger partial charge in [0.05, 0.1) is 12.3 Å². The third-order valence-corrected chi connectivity index (χ3v) is 4.36. The molecule has 1 aromatic carbocycles. The van der Waals surface area contributed by atoms with Gasteiger partial charge in [-0.2, -0.15) is 0 Å². The van der Waals surface area contributed by atoms with Gasteiger partial charge in [0.2, 0.25) is 0 Å². The highest BCUT2D eigenvalue weighted by atomic mass is 35.5. The third-order valence-electron chi connectivity index (χ3n) is 3.03. The molecule has 0 unspecified atom stereocenters. The standard InChI is InChI=1S/C15H13ClN2OS/c16-12-6-4-11(5-7-12)10-20-15-13(9-19)18-8-2-1-3-14(18)17-15/h1-8,19H,9-10H2. The van der Waals surface area contributed by atoms with Crippen LogP contribution < -0.4 is 0 Å². The van der Waals surface area contributed by atoms with Crippen molar-refractivity contribution in [3.05, 3.63) is 64.9 Å². The number of thioether (sulfide) groups is 1. The van der Waals surface area contributed by atoms with Gasteiger partial charge in [0.25, 0.3) is 0 Å². The summed E-state index contributed by atoms with van der Waals surface area (Å²) in [6.45, 7) is -0.0197. The molecule has 0 saturated carbocycles. The molecular formula is C15H13ClN2OS. The summed E-state index contributed by atoms with van der Waals surface area (Å²) in [5.74, 6) is 0.800. The van der Waals surface area contributed by atoms with Crippen LogP contribution in [0, 0.1) is 0 Å². The number of benzene rings is 1. The number of hydrogen-bond acceptors (Lipinski definition) is 3. The first-order valence-electron chi connectivity index (χ1n) is 6.22. The highest BCUT2D eigenvalue weighted by Crippen LogP contribution is 2.27. The van der Waals surface area contributed by atoms with Gasteiger partial charge < -0.3 is 9.51 Å². The number of rotatable bonds is 4. The Morgan fingerprint density at radius 1 is 1.15 bits per heavy atom. The zero-order chi connectivity index (χ0) is 13.9. The van der Waals surface area contributed by atoms with Crippen LogP contribution in [0.2, 0.25) is 5.02 Å². The quantitative estimate of drug-likeness (QED) is 0.746. The number of halogens is 1. The Morgan fingerprint density at radius 3 is 2.70 bits per heavy atom. The lowest BCUT2D eigenvalue weighted by atomic mass is 10.2. The van der Waals surface area contributed by atoms with E-state index < -0.39 is 0 Å². The maximum atomic E-state index is 9.55. The monoisotopic (exact) mass is 304 g/mol. The van der Waals surface area contributed by atoms with E-state index in [-0.39, 0.29) is 6.61 Å². The van der Waals surface area contributed by atoms with E-state index in [1.54, 1.807) is 11.8 Å². The average molecular weight is 305 g/mol. The molecule has 20 heavy (non-hydrogen) atoms. The first kappa shape index (κ1) is 13.5. The molecule has 102 valence electrons. The Bertz CT molecular complexity index is 724. The maximum absolute atomic E-state index is 9.55. The zero-order valence-corrected chi connectivity index (χ0v) is 12.2. The maximum Gasteiger partial charge on any atom is 0.138 e. The molecule has 3 rings (SSSR count). The molecular weight excluding hydrogens is 292 g/mol. The Kier molecular flexibility index (Phi) is 3.96. The first-order chi connectivity index (χ1) is 9.78. The van der Waals surface area contributed by atoms with Crippen molar-refractivity contribution < 1.29 is 5.11 Å². The summed E-state index contributed by atoms with van der Waals surface area (Å²) in [5, 5.41) is 11.2. The van der Waals surface area contributed by atoms with Crippen LogP contribution in [0.5, 0.6) is 0 Å². The fraction of sp³-hybridized carbons (Fsp3) is 0.133. The second kappa shape index (κ2) is 5.87. The van der Waals surface area contributed by atoms with Gasteiger partial charge in [0.15, 0.2) is 0 Å². The molecule has 2 aromatic heterocycles. The van der Waals surface area contributed by atoms with Gasteiger partial charge in [-0.05, 0) is 29.8 Å². The third kappa shape index (κ3) is 2.68. The molecule has 1 N–H and O–H groups in total. The van der Waals surface area contributed by atoms with E-state index in [1.165, 1.54) is 5.56 Å². The number of aliphatic hydroxyl groups excluding tert-OH is 1. The van der Waals surface area contributed by atoms with E-state index in [1.807, 2.05) is 53.1 Å². The molecule has 3 aromatic rings. The van der Waals surface area contributed by atoms with Crippen LogP contribution in [0.25, 0.3) is 5.65 Å². The van der Waals surface area contributed by atoms with Crippen molar-refractivity contribution in [3.63, 3.8) is 0 Å². The van der Waals surface area contributed by atoms with Crippen molar-refractivity contribution in [2.24, 2.45) is 0 Å². The number of nitrogens with zero attached hydrogens (tertiary/aromatic N) is 2. The molecule has 0 fully saturated rings. The van der Waals surface area contributed by atoms with Crippen LogP contribution in [0.4, 0.5) is 0 Å². The molecule has 0 aliphatic carbocycles. The van der Waals surface area contributed by atoms with E-state index in [0.29, 0.717) is 0 Å². The summed E-state index contributed by atoms with van der Waals surface area (Å²) < 4.78 is 1.92. The zero-order valence-electron chi connectivity index (χ0n) is 10.7. The molecule has 0 spiro atoms. The summed E-state index contributed by atoms with van der Waals surface area (Å²) in [5.41, 5.74) is 2.87. The van der Waals surface area contributed by atoms with Crippen LogP contribution in [0.3, 0.4) is 0 Å². The topological polar surface area (TPSA) is 37.5 Å². The molecule has 0 saturated heterocycles. The molecule has 5 heteroatoms. The lowest BCUT2D eigenvalue weighted by molar-refractivity contribution is 0.272. The van der Waals surface area contributed by atoms with Crippen molar-refractivity contribution in [3.8, 4) is 0 Å². The summed E-state index contributed by atoms with van der Waals surface area (Å²) in [7, 11) is 0. The van der Waals surface area contributed by atoms with Crippen LogP contribution >= 0.6 is 23.4 Å². The van der Waals surface area contributed by atoms with Gasteiger partial charge in [-0.1, -0.05) is 41.6 Å². The highest BCUT2D eigenvalue weighted by molar-refractivity contribution is 7.98. The minimum Gasteiger partial charge on any atom is -0.390 e. The second-order valence-corrected chi connectivity index (χ2v) is 5.77. The normalized spacial score (nSPS) is 11.1. The van der Waals surface area contributed by atoms with Crippen LogP contribution in [0.1, 0.15) is 11.3 Å². The Hall–Kier alpha value is -1.49. The summed E-state index contributed by atoms with van der Waals surface area (Å²) in [4.78, 5) is 4.56. The fourth-order valence-electron chi connectivity index (χ4n) is 2.02. The Morgan fingerprint density at radius 2 is 1.95 bits per heavy atom. The SMILES string of the molecule is OCc1c(SCc2ccc(Cl)cc2)nc2ccccn12. The van der Waals surface area contributed by atoms with Crippen molar-refractivity contribution in [2.75, 3.05) is 0 Å². The minimum absolute atomic E-state index is 0.0197. The minimum atomic E-state index is -0.0197. The summed E-state index contributed by atoms with van der Waals surface area (Å²) >= 11 is 7.50. The lowest BCUT2D eigenvalue weighted by Crippen LogP contribution is -1.92. The van der Waals surface area contributed by atoms with Crippen molar-refractivity contribution >= 4 is 29.0 Å². The van der Waals surface area contributed by atoms with Gasteiger partial charge in [-0.15, -0.1) is 0 Å². The molecule has 0 amide bonds. The summed E-state index contributed by atoms with van der Waals surface area (Å²) in [6, 6.07) is 13.6. The van der Waals surface area contributed by atoms with E-state index in [2.05, 4.69) is 4.98 Å². The number of imidazole rings is 1. The van der Waals surface area contributed by atoms with Gasteiger partial charge in [0, 0.05) is 17.0 Å². The Labute approximate surface area is 126 Å². The molecule has 0 radical (unpaired) electrons. The second-order valence-electron chi connectivity index (χ2n) is 4.37. The summed E-state index contributed by atoms with van der Waals surface area (Å²) in [6.07, 6.45) is 1.92. The van der Waals surface area contributed by atoms with Crippen LogP contribution in [-0.2, 0) is 12.4 Å². The van der Waals surface area contributed by atoms with E-state index in [9.17, 15) is 5.11 Å². The van der Waals surface area contributed by atoms with Gasteiger partial charge >= 0.3 is 0 Å². The number of pyridine rings is 1. The van der Waals surface area contributed by atoms with Gasteiger partial charge in [-0.3, -0.25) is 0 Å². The number of fused-ring (bicyclic) bond motifs is 1. The van der Waals surface area contributed by atoms with Crippen LogP contribution in [-0.4, -0.2) is 14.5 Å². The van der Waals surface area contributed by atoms with Crippen molar-refractivity contribution in [1.29, 1.82) is 0 Å². The first-order valence-corrected chi connectivity index (χ1v) is 7.58. The molecule has 0 bridgehead atoms. The van der Waals surface area contributed by atoms with Gasteiger partial charge in [-0.25, -0.2) is 4.98 Å². The lowest BCUT2D eigenvalue weighted by Gasteiger charge is -2.02. The van der Waals surface area contributed by atoms with Crippen LogP contribution in [0.15, 0.2) is 53.7 Å². The largest absolute Gasteiger partial charge is 0.390 e. The average Bonchev–Trinajstić information content (AvgIpc) is 2.84. The molecule has 0 aliphatic heterocycles. The molecule has 2 heterocycles. The highest BCUT2D eigenvalue weighted by Gasteiger charge is 2.11. The Balaban J connectivity index is 1.85. The van der Waals surface area contributed by atoms with E-state index in [4.69, 9.17) is 11.6 Å². The molecule has 0 atom stereocenters. The van der Waals surface area contributed by atoms with Crippen molar-refractivity contribution in [2.45, 2.75) is 17.4 Å². The number of hydrogen-bond donors (Lipinski definition) is 1. The predicted molar refractivity (Wildman–Crippen MR) is 82.1 cm³/mol. The van der Waals surface area contributed by atoms with Crippen molar-refractivity contribution in [1.82, 2.24) is 9.38 Å². The molecule has 3 nitrogen and oxygen atoms in total. The van der Waals surface area contributed by atoms with E-state index >= 15 is 0 Å². The number of aliphatic hydroxyl groups is 1. The predicted octanol–water partition coefficient (Wildman–Crippen LogP) is 3.77.